The molecule has 0 radical (unpaired) electrons. The third-order valence-corrected chi connectivity index (χ3v) is 5.03. The monoisotopic (exact) mass is 335 g/mol. The molecule has 1 aliphatic rings. The lowest BCUT2D eigenvalue weighted by molar-refractivity contribution is 0.477. The third kappa shape index (κ3) is 2.31. The van der Waals surface area contributed by atoms with Gasteiger partial charge in [0.25, 0.3) is 0 Å². The molecule has 0 amide bonds. The fraction of sp³-hybridized carbons (Fsp3) is 0.0417. The van der Waals surface area contributed by atoms with E-state index < -0.39 is 0 Å². The van der Waals surface area contributed by atoms with Gasteiger partial charge in [-0.1, -0.05) is 72.8 Å². The number of benzene rings is 3. The van der Waals surface area contributed by atoms with Gasteiger partial charge >= 0.3 is 0 Å². The first-order chi connectivity index (χ1) is 12.8. The van der Waals surface area contributed by atoms with Gasteiger partial charge in [0.2, 0.25) is 0 Å². The molecule has 0 saturated heterocycles. The Bertz CT molecular complexity index is 1120. The number of para-hydroxylation sites is 1. The zero-order valence-corrected chi connectivity index (χ0v) is 14.2. The Morgan fingerprint density at radius 1 is 0.692 bits per heavy atom. The van der Waals surface area contributed by atoms with Gasteiger partial charge < -0.3 is 5.11 Å². The van der Waals surface area contributed by atoms with Gasteiger partial charge in [0.1, 0.15) is 5.75 Å². The summed E-state index contributed by atoms with van der Waals surface area (Å²) in [6, 6.07) is 28.3. The Kier molecular flexibility index (Phi) is 3.36. The highest BCUT2D eigenvalue weighted by Crippen LogP contribution is 2.44. The molecule has 0 aliphatic heterocycles. The summed E-state index contributed by atoms with van der Waals surface area (Å²) in [7, 11) is 0. The summed E-state index contributed by atoms with van der Waals surface area (Å²) >= 11 is 0. The molecular weight excluding hydrogens is 318 g/mol. The number of hydrogen-bond donors (Lipinski definition) is 1. The number of rotatable bonds is 2. The molecule has 4 aromatic rings. The maximum absolute atomic E-state index is 10.5. The predicted molar refractivity (Wildman–Crippen MR) is 105 cm³/mol. The minimum Gasteiger partial charge on any atom is -0.507 e. The number of nitrogens with zero attached hydrogens (tertiary/aromatic N) is 1. The highest BCUT2D eigenvalue weighted by Gasteiger charge is 2.25. The van der Waals surface area contributed by atoms with E-state index in [2.05, 4.69) is 42.5 Å². The van der Waals surface area contributed by atoms with Gasteiger partial charge in [-0.15, -0.1) is 0 Å². The molecule has 1 aromatic heterocycles. The van der Waals surface area contributed by atoms with Crippen LogP contribution in [0.5, 0.6) is 5.75 Å². The lowest BCUT2D eigenvalue weighted by Gasteiger charge is -2.13. The van der Waals surface area contributed by atoms with Crippen molar-refractivity contribution in [3.8, 4) is 39.4 Å². The Labute approximate surface area is 152 Å². The molecule has 124 valence electrons. The second-order valence-corrected chi connectivity index (χ2v) is 6.60. The van der Waals surface area contributed by atoms with Gasteiger partial charge in [-0.2, -0.15) is 0 Å². The van der Waals surface area contributed by atoms with Crippen LogP contribution >= 0.6 is 0 Å². The molecule has 2 nitrogen and oxygen atoms in total. The zero-order chi connectivity index (χ0) is 17.5. The van der Waals surface area contributed by atoms with E-state index in [-0.39, 0.29) is 0 Å². The number of pyridine rings is 1. The van der Waals surface area contributed by atoms with Crippen LogP contribution in [0.15, 0.2) is 84.9 Å². The average molecular weight is 335 g/mol. The topological polar surface area (TPSA) is 33.1 Å². The van der Waals surface area contributed by atoms with Crippen LogP contribution in [0.3, 0.4) is 0 Å². The second-order valence-electron chi connectivity index (χ2n) is 6.60. The van der Waals surface area contributed by atoms with Crippen molar-refractivity contribution < 1.29 is 5.11 Å². The molecule has 0 bridgehead atoms. The lowest BCUT2D eigenvalue weighted by atomic mass is 9.95. The highest BCUT2D eigenvalue weighted by molar-refractivity contribution is 5.87. The van der Waals surface area contributed by atoms with Crippen LogP contribution in [0, 0.1) is 0 Å². The molecule has 0 fully saturated rings. The Balaban J connectivity index is 1.82. The number of aromatic hydroxyl groups is 1. The highest BCUT2D eigenvalue weighted by atomic mass is 16.3. The zero-order valence-electron chi connectivity index (χ0n) is 14.2. The first-order valence-corrected chi connectivity index (χ1v) is 8.77. The van der Waals surface area contributed by atoms with E-state index in [1.54, 1.807) is 6.07 Å². The Hall–Kier alpha value is -3.39. The molecule has 1 aliphatic carbocycles. The van der Waals surface area contributed by atoms with E-state index >= 15 is 0 Å². The van der Waals surface area contributed by atoms with Crippen LogP contribution in [0.2, 0.25) is 0 Å². The molecular formula is C24H17NO. The van der Waals surface area contributed by atoms with Crippen LogP contribution in [-0.2, 0) is 6.42 Å². The van der Waals surface area contributed by atoms with Gasteiger partial charge in [-0.25, -0.2) is 4.98 Å². The normalized spacial score (nSPS) is 11.8. The fourth-order valence-electron chi connectivity index (χ4n) is 3.77. The van der Waals surface area contributed by atoms with E-state index in [4.69, 9.17) is 4.98 Å². The largest absolute Gasteiger partial charge is 0.507 e. The summed E-state index contributed by atoms with van der Waals surface area (Å²) in [4.78, 5) is 5.00. The summed E-state index contributed by atoms with van der Waals surface area (Å²) in [5, 5.41) is 10.5. The summed E-state index contributed by atoms with van der Waals surface area (Å²) in [5.74, 6) is 0.302. The molecule has 26 heavy (non-hydrogen) atoms. The van der Waals surface area contributed by atoms with Crippen LogP contribution < -0.4 is 0 Å². The van der Waals surface area contributed by atoms with Gasteiger partial charge in [-0.05, 0) is 28.8 Å². The molecule has 1 heterocycles. The Morgan fingerprint density at radius 2 is 1.38 bits per heavy atom. The first kappa shape index (κ1) is 14.9. The smallest absolute Gasteiger partial charge is 0.123 e. The van der Waals surface area contributed by atoms with Crippen LogP contribution in [-0.4, -0.2) is 10.1 Å². The minimum absolute atomic E-state index is 0.302. The molecule has 1 N–H and O–H groups in total. The first-order valence-electron chi connectivity index (χ1n) is 8.77. The van der Waals surface area contributed by atoms with E-state index in [0.717, 1.165) is 34.5 Å². The number of hydrogen-bond acceptors (Lipinski definition) is 2. The summed E-state index contributed by atoms with van der Waals surface area (Å²) in [6.45, 7) is 0. The molecule has 0 unspecified atom stereocenters. The lowest BCUT2D eigenvalue weighted by Crippen LogP contribution is -1.94. The Morgan fingerprint density at radius 3 is 2.19 bits per heavy atom. The molecule has 0 atom stereocenters. The van der Waals surface area contributed by atoms with Crippen molar-refractivity contribution in [3.63, 3.8) is 0 Å². The minimum atomic E-state index is 0.302. The SMILES string of the molecule is Oc1ccccc1-c1cc(-c2ccccc2)nc2c1Cc1ccccc1-2. The number of phenols is 1. The van der Waals surface area contributed by atoms with Crippen molar-refractivity contribution in [2.24, 2.45) is 0 Å². The van der Waals surface area contributed by atoms with Gasteiger partial charge in [0, 0.05) is 23.1 Å². The summed E-state index contributed by atoms with van der Waals surface area (Å²) in [5.41, 5.74) is 8.62. The summed E-state index contributed by atoms with van der Waals surface area (Å²) < 4.78 is 0. The third-order valence-electron chi connectivity index (χ3n) is 5.03. The van der Waals surface area contributed by atoms with E-state index in [9.17, 15) is 5.11 Å². The van der Waals surface area contributed by atoms with Crippen molar-refractivity contribution in [2.45, 2.75) is 6.42 Å². The maximum atomic E-state index is 10.5. The molecule has 2 heteroatoms. The van der Waals surface area contributed by atoms with Crippen LogP contribution in [0.25, 0.3) is 33.6 Å². The fourth-order valence-corrected chi connectivity index (χ4v) is 3.77. The van der Waals surface area contributed by atoms with Crippen LogP contribution in [0.4, 0.5) is 0 Å². The van der Waals surface area contributed by atoms with E-state index in [1.165, 1.54) is 16.7 Å². The molecule has 0 spiro atoms. The van der Waals surface area contributed by atoms with Crippen molar-refractivity contribution in [3.05, 3.63) is 96.1 Å². The number of phenolic OH excluding ortho intramolecular Hbond substituents is 1. The van der Waals surface area contributed by atoms with Crippen molar-refractivity contribution in [1.82, 2.24) is 4.98 Å². The van der Waals surface area contributed by atoms with Crippen molar-refractivity contribution >= 4 is 0 Å². The van der Waals surface area contributed by atoms with Crippen LogP contribution in [0.1, 0.15) is 11.1 Å². The van der Waals surface area contributed by atoms with Gasteiger partial charge in [0.15, 0.2) is 0 Å². The number of fused-ring (bicyclic) bond motifs is 3. The number of aromatic nitrogens is 1. The average Bonchev–Trinajstić information content (AvgIpc) is 3.07. The van der Waals surface area contributed by atoms with Gasteiger partial charge in [-0.3, -0.25) is 0 Å². The van der Waals surface area contributed by atoms with Crippen molar-refractivity contribution in [2.75, 3.05) is 0 Å². The summed E-state index contributed by atoms with van der Waals surface area (Å²) in [6.07, 6.45) is 0.844. The molecule has 3 aromatic carbocycles. The predicted octanol–water partition coefficient (Wildman–Crippen LogP) is 5.69. The van der Waals surface area contributed by atoms with Gasteiger partial charge in [0.05, 0.1) is 11.4 Å². The maximum Gasteiger partial charge on any atom is 0.123 e. The second kappa shape index (κ2) is 5.85. The van der Waals surface area contributed by atoms with E-state index in [1.807, 2.05) is 36.4 Å². The standard InChI is InChI=1S/C24H17NO/c26-23-13-7-6-12-19(23)20-15-22(16-8-2-1-3-9-16)25-24-18-11-5-4-10-17(18)14-21(20)24/h1-13,15,26H,14H2. The van der Waals surface area contributed by atoms with Crippen molar-refractivity contribution in [1.29, 1.82) is 0 Å². The van der Waals surface area contributed by atoms with E-state index in [0.29, 0.717) is 5.75 Å². The molecule has 0 saturated carbocycles. The molecule has 5 rings (SSSR count). The quantitative estimate of drug-likeness (QED) is 0.449.